The van der Waals surface area contributed by atoms with E-state index in [-0.39, 0.29) is 36.8 Å². The molecule has 0 aromatic heterocycles. The molecule has 0 radical (unpaired) electrons. The zero-order valence-electron chi connectivity index (χ0n) is 20.8. The predicted octanol–water partition coefficient (Wildman–Crippen LogP) is 3.92. The van der Waals surface area contributed by atoms with Gasteiger partial charge in [0.05, 0.1) is 13.5 Å². The molecule has 1 saturated heterocycles. The molecule has 3 rings (SSSR count). The van der Waals surface area contributed by atoms with Crippen LogP contribution in [0.5, 0.6) is 0 Å². The second kappa shape index (κ2) is 11.4. The molecule has 3 atom stereocenters. The maximum Gasteiger partial charge on any atom is 0.409 e. The van der Waals surface area contributed by atoms with Crippen LogP contribution in [0.4, 0.5) is 4.79 Å². The molecular weight excluding hydrogens is 432 g/mol. The molecule has 34 heavy (non-hydrogen) atoms. The SMILES string of the molecule is CCN(CC)C(=O)CCC(=O)O[C@@]1(C#Cc2cccc(C)c2)CCC[C@@H]2[C@H]1CCN2C(=O)OC. The van der Waals surface area contributed by atoms with E-state index in [4.69, 9.17) is 9.47 Å². The van der Waals surface area contributed by atoms with E-state index in [2.05, 4.69) is 11.8 Å². The molecular formula is C27H36N2O5. The van der Waals surface area contributed by atoms with Gasteiger partial charge in [-0.3, -0.25) is 9.59 Å². The van der Waals surface area contributed by atoms with Crippen LogP contribution in [0.3, 0.4) is 0 Å². The number of amides is 2. The number of aryl methyl sites for hydroxylation is 1. The number of carbonyl (C=O) groups excluding carboxylic acids is 3. The van der Waals surface area contributed by atoms with Gasteiger partial charge in [0, 0.05) is 43.6 Å². The summed E-state index contributed by atoms with van der Waals surface area (Å²) in [6.45, 7) is 7.63. The lowest BCUT2D eigenvalue weighted by Gasteiger charge is -2.42. The van der Waals surface area contributed by atoms with Gasteiger partial charge >= 0.3 is 12.1 Å². The first kappa shape index (κ1) is 25.6. The van der Waals surface area contributed by atoms with Gasteiger partial charge in [-0.1, -0.05) is 18.1 Å². The third-order valence-corrected chi connectivity index (χ3v) is 6.99. The second-order valence-electron chi connectivity index (χ2n) is 9.07. The molecule has 7 nitrogen and oxygen atoms in total. The molecule has 1 aromatic carbocycles. The highest BCUT2D eigenvalue weighted by Gasteiger charge is 2.53. The van der Waals surface area contributed by atoms with Crippen LogP contribution >= 0.6 is 0 Å². The molecule has 1 aliphatic carbocycles. The van der Waals surface area contributed by atoms with Gasteiger partial charge in [-0.05, 0) is 70.1 Å². The van der Waals surface area contributed by atoms with E-state index in [1.165, 1.54) is 7.11 Å². The van der Waals surface area contributed by atoms with E-state index in [0.717, 1.165) is 24.0 Å². The fourth-order valence-corrected chi connectivity index (χ4v) is 5.26. The first-order chi connectivity index (χ1) is 16.3. The largest absolute Gasteiger partial charge is 0.453 e. The molecule has 1 aliphatic heterocycles. The van der Waals surface area contributed by atoms with Crippen molar-refractivity contribution in [3.05, 3.63) is 35.4 Å². The molecule has 0 unspecified atom stereocenters. The number of esters is 1. The van der Waals surface area contributed by atoms with E-state index in [0.29, 0.717) is 32.5 Å². The van der Waals surface area contributed by atoms with Crippen molar-refractivity contribution < 1.29 is 23.9 Å². The maximum atomic E-state index is 13.0. The van der Waals surface area contributed by atoms with E-state index < -0.39 is 11.6 Å². The van der Waals surface area contributed by atoms with E-state index in [1.54, 1.807) is 9.80 Å². The van der Waals surface area contributed by atoms with Gasteiger partial charge in [0.25, 0.3) is 0 Å². The minimum atomic E-state index is -0.995. The third-order valence-electron chi connectivity index (χ3n) is 6.99. The smallest absolute Gasteiger partial charge is 0.409 e. The normalized spacial score (nSPS) is 23.4. The fourth-order valence-electron chi connectivity index (χ4n) is 5.26. The topological polar surface area (TPSA) is 76.2 Å². The molecule has 0 N–H and O–H groups in total. The Kier molecular flexibility index (Phi) is 8.60. The highest BCUT2D eigenvalue weighted by molar-refractivity contribution is 5.81. The van der Waals surface area contributed by atoms with Crippen molar-refractivity contribution in [1.82, 2.24) is 9.80 Å². The van der Waals surface area contributed by atoms with E-state index in [9.17, 15) is 14.4 Å². The fraction of sp³-hybridized carbons (Fsp3) is 0.593. The lowest BCUT2D eigenvalue weighted by atomic mass is 9.72. The van der Waals surface area contributed by atoms with Crippen LogP contribution in [-0.2, 0) is 19.1 Å². The minimum Gasteiger partial charge on any atom is -0.453 e. The van der Waals surface area contributed by atoms with Crippen LogP contribution in [0.15, 0.2) is 24.3 Å². The molecule has 0 spiro atoms. The van der Waals surface area contributed by atoms with Crippen LogP contribution < -0.4 is 0 Å². The van der Waals surface area contributed by atoms with Crippen molar-refractivity contribution in [2.24, 2.45) is 5.92 Å². The summed E-state index contributed by atoms with van der Waals surface area (Å²) in [6.07, 6.45) is 2.68. The standard InChI is InChI=1S/C27H36N2O5/c1-5-28(6-2)24(30)12-13-25(31)34-27(17-14-21-10-7-9-20(3)19-21)16-8-11-23-22(27)15-18-29(23)26(32)33-4/h7,9-10,19,22-23H,5-6,8,11-13,15-16,18H2,1-4H3/t22-,23-,27-/m1/s1. The van der Waals surface area contributed by atoms with Gasteiger partial charge in [0.2, 0.25) is 5.91 Å². The van der Waals surface area contributed by atoms with Crippen molar-refractivity contribution in [3.8, 4) is 11.8 Å². The molecule has 1 aromatic rings. The van der Waals surface area contributed by atoms with Gasteiger partial charge in [0.1, 0.15) is 0 Å². The van der Waals surface area contributed by atoms with E-state index >= 15 is 0 Å². The molecule has 2 fully saturated rings. The van der Waals surface area contributed by atoms with Gasteiger partial charge in [0.15, 0.2) is 5.60 Å². The number of ether oxygens (including phenoxy) is 2. The van der Waals surface area contributed by atoms with Crippen molar-refractivity contribution in [2.75, 3.05) is 26.7 Å². The second-order valence-corrected chi connectivity index (χ2v) is 9.07. The Balaban J connectivity index is 1.85. The van der Waals surface area contributed by atoms with Gasteiger partial charge < -0.3 is 19.3 Å². The Morgan fingerprint density at radius 3 is 2.62 bits per heavy atom. The summed E-state index contributed by atoms with van der Waals surface area (Å²) >= 11 is 0. The molecule has 184 valence electrons. The summed E-state index contributed by atoms with van der Waals surface area (Å²) < 4.78 is 11.1. The van der Waals surface area contributed by atoms with Crippen molar-refractivity contribution in [3.63, 3.8) is 0 Å². The number of fused-ring (bicyclic) bond motifs is 1. The number of rotatable bonds is 6. The van der Waals surface area contributed by atoms with Crippen LogP contribution in [-0.4, -0.2) is 66.2 Å². The van der Waals surface area contributed by atoms with Crippen LogP contribution in [0, 0.1) is 24.7 Å². The molecule has 2 aliphatic rings. The average Bonchev–Trinajstić information content (AvgIpc) is 3.27. The Bertz CT molecular complexity index is 961. The summed E-state index contributed by atoms with van der Waals surface area (Å²) in [5, 5.41) is 0. The van der Waals surface area contributed by atoms with Gasteiger partial charge in [-0.15, -0.1) is 0 Å². The summed E-state index contributed by atoms with van der Waals surface area (Å²) in [4.78, 5) is 41.2. The van der Waals surface area contributed by atoms with Crippen LogP contribution in [0.25, 0.3) is 0 Å². The average molecular weight is 469 g/mol. The van der Waals surface area contributed by atoms with Crippen molar-refractivity contribution in [1.29, 1.82) is 0 Å². The van der Waals surface area contributed by atoms with Crippen molar-refractivity contribution in [2.45, 2.75) is 70.9 Å². The number of methoxy groups -OCH3 is 1. The monoisotopic (exact) mass is 468 g/mol. The quantitative estimate of drug-likeness (QED) is 0.467. The zero-order valence-corrected chi connectivity index (χ0v) is 20.8. The Labute approximate surface area is 202 Å². The first-order valence-corrected chi connectivity index (χ1v) is 12.3. The number of hydrogen-bond acceptors (Lipinski definition) is 5. The van der Waals surface area contributed by atoms with Crippen molar-refractivity contribution >= 4 is 18.0 Å². The number of hydrogen-bond donors (Lipinski definition) is 0. The third kappa shape index (κ3) is 5.72. The molecule has 7 heteroatoms. The molecule has 0 bridgehead atoms. The summed E-state index contributed by atoms with van der Waals surface area (Å²) in [5.41, 5.74) is 0.967. The number of likely N-dealkylation sites (tertiary alicyclic amines) is 1. The van der Waals surface area contributed by atoms with E-state index in [1.807, 2.05) is 45.0 Å². The Morgan fingerprint density at radius 2 is 1.94 bits per heavy atom. The van der Waals surface area contributed by atoms with Crippen LogP contribution in [0.1, 0.15) is 63.5 Å². The number of benzene rings is 1. The number of carbonyl (C=O) groups is 3. The number of nitrogens with zero attached hydrogens (tertiary/aromatic N) is 2. The highest BCUT2D eigenvalue weighted by Crippen LogP contribution is 2.45. The molecule has 1 heterocycles. The van der Waals surface area contributed by atoms with Crippen LogP contribution in [0.2, 0.25) is 0 Å². The molecule has 1 saturated carbocycles. The van der Waals surface area contributed by atoms with Gasteiger partial charge in [-0.2, -0.15) is 0 Å². The maximum absolute atomic E-state index is 13.0. The lowest BCUT2D eigenvalue weighted by Crippen LogP contribution is -2.51. The zero-order chi connectivity index (χ0) is 24.7. The summed E-state index contributed by atoms with van der Waals surface area (Å²) in [6, 6.07) is 7.82. The Morgan fingerprint density at radius 1 is 1.18 bits per heavy atom. The first-order valence-electron chi connectivity index (χ1n) is 12.3. The minimum absolute atomic E-state index is 0.0152. The molecule has 2 amide bonds. The lowest BCUT2D eigenvalue weighted by molar-refractivity contribution is -0.163. The Hall–Kier alpha value is -3.01. The predicted molar refractivity (Wildman–Crippen MR) is 129 cm³/mol. The highest BCUT2D eigenvalue weighted by atomic mass is 16.6. The van der Waals surface area contributed by atoms with Gasteiger partial charge in [-0.25, -0.2) is 4.79 Å². The summed E-state index contributed by atoms with van der Waals surface area (Å²) in [7, 11) is 1.39. The summed E-state index contributed by atoms with van der Waals surface area (Å²) in [5.74, 6) is 5.99.